The summed E-state index contributed by atoms with van der Waals surface area (Å²) in [7, 11) is 3.17. The maximum atomic E-state index is 12.1. The van der Waals surface area contributed by atoms with Crippen LogP contribution in [-0.2, 0) is 9.53 Å². The van der Waals surface area contributed by atoms with E-state index in [2.05, 4.69) is 0 Å². The summed E-state index contributed by atoms with van der Waals surface area (Å²) in [6.07, 6.45) is 1.000. The predicted octanol–water partition coefficient (Wildman–Crippen LogP) is 0.232. The number of carbonyl (C=O) groups is 2. The lowest BCUT2D eigenvalue weighted by atomic mass is 9.94. The third kappa shape index (κ3) is 4.64. The molecule has 2 N–H and O–H groups in total. The summed E-state index contributed by atoms with van der Waals surface area (Å²) in [4.78, 5) is 25.7. The van der Waals surface area contributed by atoms with Crippen LogP contribution in [0.4, 0.5) is 4.79 Å². The molecule has 0 radical (unpaired) electrons. The molecule has 7 heteroatoms. The lowest BCUT2D eigenvalue weighted by Gasteiger charge is -2.36. The molecule has 1 atom stereocenters. The molecule has 7 nitrogen and oxygen atoms in total. The number of aliphatic hydroxyl groups is 1. The van der Waals surface area contributed by atoms with E-state index in [1.54, 1.807) is 21.0 Å². The van der Waals surface area contributed by atoms with Gasteiger partial charge in [-0.15, -0.1) is 0 Å². The van der Waals surface area contributed by atoms with E-state index in [0.29, 0.717) is 26.1 Å². The second-order valence-corrected chi connectivity index (χ2v) is 5.60. The maximum Gasteiger partial charge on any atom is 0.319 e. The van der Waals surface area contributed by atoms with Crippen molar-refractivity contribution in [2.75, 3.05) is 40.4 Å². The number of hydrogen-bond acceptors (Lipinski definition) is 4. The summed E-state index contributed by atoms with van der Waals surface area (Å²) in [5, 5.41) is 19.2. The van der Waals surface area contributed by atoms with Crippen LogP contribution in [0.25, 0.3) is 0 Å². The van der Waals surface area contributed by atoms with Crippen LogP contribution in [0.15, 0.2) is 0 Å². The van der Waals surface area contributed by atoms with E-state index in [0.717, 1.165) is 0 Å². The molecule has 0 aromatic heterocycles. The van der Waals surface area contributed by atoms with E-state index in [1.165, 1.54) is 9.80 Å². The van der Waals surface area contributed by atoms with Gasteiger partial charge in [-0.3, -0.25) is 4.79 Å². The van der Waals surface area contributed by atoms with Crippen LogP contribution >= 0.6 is 0 Å². The Balaban J connectivity index is 2.51. The average Bonchev–Trinajstić information content (AvgIpc) is 2.37. The van der Waals surface area contributed by atoms with Crippen molar-refractivity contribution in [3.8, 4) is 0 Å². The number of rotatable bonds is 5. The zero-order valence-electron chi connectivity index (χ0n) is 12.3. The van der Waals surface area contributed by atoms with Crippen LogP contribution in [0.1, 0.15) is 19.8 Å². The Hall–Kier alpha value is -1.34. The van der Waals surface area contributed by atoms with Gasteiger partial charge in [0, 0.05) is 46.7 Å². The Kier molecular flexibility index (Phi) is 5.76. The van der Waals surface area contributed by atoms with Gasteiger partial charge in [-0.05, 0) is 0 Å². The first-order chi connectivity index (χ1) is 9.25. The van der Waals surface area contributed by atoms with Gasteiger partial charge in [-0.25, -0.2) is 4.79 Å². The fourth-order valence-electron chi connectivity index (χ4n) is 2.28. The highest BCUT2D eigenvalue weighted by Crippen LogP contribution is 2.21. The summed E-state index contributed by atoms with van der Waals surface area (Å²) < 4.78 is 5.19. The van der Waals surface area contributed by atoms with Gasteiger partial charge in [0.1, 0.15) is 0 Å². The highest BCUT2D eigenvalue weighted by atomic mass is 16.5. The number of hydrogen-bond donors (Lipinski definition) is 2. The molecule has 1 saturated heterocycles. The van der Waals surface area contributed by atoms with Gasteiger partial charge >= 0.3 is 12.0 Å². The number of urea groups is 1. The standard InChI is InChI=1S/C13H24N2O5/c1-10(11(16)17)8-14(2)12(18)15(3)9-13(19)4-6-20-7-5-13/h10,19H,4-9H2,1-3H3,(H,16,17). The molecule has 0 saturated carbocycles. The molecule has 20 heavy (non-hydrogen) atoms. The monoisotopic (exact) mass is 288 g/mol. The third-order valence-electron chi connectivity index (χ3n) is 3.58. The van der Waals surface area contributed by atoms with Crippen molar-refractivity contribution in [2.24, 2.45) is 5.92 Å². The SMILES string of the molecule is CC(CN(C)C(=O)N(C)CC1(O)CCOCC1)C(=O)O. The van der Waals surface area contributed by atoms with E-state index in [-0.39, 0.29) is 19.1 Å². The fraction of sp³-hybridized carbons (Fsp3) is 0.846. The Morgan fingerprint density at radius 1 is 1.25 bits per heavy atom. The number of amides is 2. The number of nitrogens with zero attached hydrogens (tertiary/aromatic N) is 2. The predicted molar refractivity (Wildman–Crippen MR) is 72.5 cm³/mol. The normalized spacial score (nSPS) is 19.2. The van der Waals surface area contributed by atoms with Gasteiger partial charge in [-0.2, -0.15) is 0 Å². The molecular weight excluding hydrogens is 264 g/mol. The molecule has 1 aliphatic heterocycles. The van der Waals surface area contributed by atoms with E-state index in [1.807, 2.05) is 0 Å². The molecular formula is C13H24N2O5. The second kappa shape index (κ2) is 6.90. The van der Waals surface area contributed by atoms with Crippen LogP contribution in [0.2, 0.25) is 0 Å². The van der Waals surface area contributed by atoms with E-state index >= 15 is 0 Å². The number of carboxylic acids is 1. The molecule has 0 bridgehead atoms. The molecule has 1 unspecified atom stereocenters. The molecule has 1 fully saturated rings. The van der Waals surface area contributed by atoms with Crippen molar-refractivity contribution in [1.29, 1.82) is 0 Å². The summed E-state index contributed by atoms with van der Waals surface area (Å²) in [6.45, 7) is 2.90. The first kappa shape index (κ1) is 16.7. The topological polar surface area (TPSA) is 90.3 Å². The van der Waals surface area contributed by atoms with Crippen LogP contribution in [0, 0.1) is 5.92 Å². The van der Waals surface area contributed by atoms with Gasteiger partial charge in [0.2, 0.25) is 0 Å². The number of likely N-dealkylation sites (N-methyl/N-ethyl adjacent to an activating group) is 1. The first-order valence-electron chi connectivity index (χ1n) is 6.74. The van der Waals surface area contributed by atoms with E-state index in [9.17, 15) is 14.7 Å². The van der Waals surface area contributed by atoms with Crippen LogP contribution in [0.5, 0.6) is 0 Å². The molecule has 0 aromatic carbocycles. The first-order valence-corrected chi connectivity index (χ1v) is 6.74. The third-order valence-corrected chi connectivity index (χ3v) is 3.58. The minimum absolute atomic E-state index is 0.139. The Morgan fingerprint density at radius 3 is 2.30 bits per heavy atom. The molecule has 116 valence electrons. The lowest BCUT2D eigenvalue weighted by Crippen LogP contribution is -2.50. The van der Waals surface area contributed by atoms with Gasteiger partial charge < -0.3 is 24.7 Å². The summed E-state index contributed by atoms with van der Waals surface area (Å²) in [6, 6.07) is -0.294. The van der Waals surface area contributed by atoms with E-state index in [4.69, 9.17) is 9.84 Å². The van der Waals surface area contributed by atoms with Gasteiger partial charge in [0.25, 0.3) is 0 Å². The number of ether oxygens (including phenoxy) is 1. The minimum atomic E-state index is -0.935. The summed E-state index contributed by atoms with van der Waals surface area (Å²) >= 11 is 0. The Labute approximate surface area is 119 Å². The maximum absolute atomic E-state index is 12.1. The Morgan fingerprint density at radius 2 is 1.80 bits per heavy atom. The highest BCUT2D eigenvalue weighted by molar-refractivity contribution is 5.75. The smallest absolute Gasteiger partial charge is 0.319 e. The number of carboxylic acid groups (broad SMARTS) is 1. The molecule has 1 aliphatic rings. The molecule has 0 aliphatic carbocycles. The highest BCUT2D eigenvalue weighted by Gasteiger charge is 2.33. The fourth-order valence-corrected chi connectivity index (χ4v) is 2.28. The van der Waals surface area contributed by atoms with Crippen molar-refractivity contribution in [3.63, 3.8) is 0 Å². The second-order valence-electron chi connectivity index (χ2n) is 5.60. The number of aliphatic carboxylic acids is 1. The van der Waals surface area contributed by atoms with Crippen LogP contribution in [-0.4, -0.2) is 78.0 Å². The molecule has 0 spiro atoms. The molecule has 2 amide bonds. The molecule has 0 aromatic rings. The van der Waals surface area contributed by atoms with Crippen molar-refractivity contribution in [1.82, 2.24) is 9.80 Å². The van der Waals surface area contributed by atoms with Gasteiger partial charge in [0.05, 0.1) is 18.1 Å². The molecule has 1 rings (SSSR count). The Bertz CT molecular complexity index is 355. The molecule has 1 heterocycles. The van der Waals surface area contributed by atoms with Crippen molar-refractivity contribution in [3.05, 3.63) is 0 Å². The van der Waals surface area contributed by atoms with Gasteiger partial charge in [0.15, 0.2) is 0 Å². The van der Waals surface area contributed by atoms with Crippen molar-refractivity contribution in [2.45, 2.75) is 25.4 Å². The van der Waals surface area contributed by atoms with Crippen molar-refractivity contribution >= 4 is 12.0 Å². The lowest BCUT2D eigenvalue weighted by molar-refractivity contribution is -0.141. The zero-order valence-corrected chi connectivity index (χ0v) is 12.3. The quantitative estimate of drug-likeness (QED) is 0.756. The van der Waals surface area contributed by atoms with Crippen molar-refractivity contribution < 1.29 is 24.5 Å². The average molecular weight is 288 g/mol. The zero-order chi connectivity index (χ0) is 15.3. The number of carbonyl (C=O) groups excluding carboxylic acids is 1. The minimum Gasteiger partial charge on any atom is -0.481 e. The van der Waals surface area contributed by atoms with E-state index < -0.39 is 17.5 Å². The van der Waals surface area contributed by atoms with Gasteiger partial charge in [-0.1, -0.05) is 6.92 Å². The largest absolute Gasteiger partial charge is 0.481 e. The van der Waals surface area contributed by atoms with Crippen LogP contribution < -0.4 is 0 Å². The summed E-state index contributed by atoms with van der Waals surface area (Å²) in [5.74, 6) is -1.56. The van der Waals surface area contributed by atoms with Crippen LogP contribution in [0.3, 0.4) is 0 Å². The summed E-state index contributed by atoms with van der Waals surface area (Å²) in [5.41, 5.74) is -0.915.